The second kappa shape index (κ2) is 17.5. The van der Waals surface area contributed by atoms with Crippen molar-refractivity contribution in [3.63, 3.8) is 0 Å². The average molecular weight is 679 g/mol. The summed E-state index contributed by atoms with van der Waals surface area (Å²) in [5.74, 6) is -6.98. The van der Waals surface area contributed by atoms with Gasteiger partial charge in [-0.25, -0.2) is 0 Å². The van der Waals surface area contributed by atoms with Gasteiger partial charge >= 0.3 is 47.8 Å². The fraction of sp³-hybridized carbons (Fsp3) is 0.714. The number of carbonyl (C=O) groups excluding carboxylic acids is 8. The van der Waals surface area contributed by atoms with Crippen LogP contribution in [0, 0.1) is 0 Å². The van der Waals surface area contributed by atoms with Gasteiger partial charge in [0.05, 0.1) is 0 Å². The Bertz CT molecular complexity index is 1110. The van der Waals surface area contributed by atoms with Crippen molar-refractivity contribution in [2.45, 2.75) is 117 Å². The van der Waals surface area contributed by atoms with Crippen molar-refractivity contribution in [1.29, 1.82) is 0 Å². The molecule has 19 nitrogen and oxygen atoms in total. The van der Waals surface area contributed by atoms with E-state index in [0.29, 0.717) is 0 Å². The molecule has 264 valence electrons. The third-order valence-corrected chi connectivity index (χ3v) is 6.16. The summed E-state index contributed by atoms with van der Waals surface area (Å²) in [7, 11) is 0. The maximum Gasteiger partial charge on any atom is 0.303 e. The van der Waals surface area contributed by atoms with Gasteiger partial charge in [0, 0.05) is 55.4 Å². The van der Waals surface area contributed by atoms with Crippen LogP contribution >= 0.6 is 0 Å². The van der Waals surface area contributed by atoms with Crippen LogP contribution in [-0.2, 0) is 90.5 Å². The highest BCUT2D eigenvalue weighted by atomic mass is 16.8. The molecule has 47 heavy (non-hydrogen) atoms. The van der Waals surface area contributed by atoms with Gasteiger partial charge in [0.25, 0.3) is 0 Å². The van der Waals surface area contributed by atoms with Crippen LogP contribution in [0.15, 0.2) is 0 Å². The Morgan fingerprint density at radius 1 is 0.383 bits per heavy atom. The van der Waals surface area contributed by atoms with Crippen LogP contribution in [0.2, 0.25) is 0 Å². The molecule has 0 aromatic carbocycles. The zero-order valence-electron chi connectivity index (χ0n) is 26.9. The van der Waals surface area contributed by atoms with E-state index >= 15 is 0 Å². The molecular weight excluding hydrogens is 640 g/mol. The third kappa shape index (κ3) is 12.1. The largest absolute Gasteiger partial charge is 0.463 e. The lowest BCUT2D eigenvalue weighted by Gasteiger charge is -2.48. The SMILES string of the molecule is CC(=O)OCC1OC(OC2OC(COC(C)=O)C(OC(C)=O)C(OC(C)=O)C2OC(C)=O)C(OC(C)=O)C(OC(C)=O)C1OC(C)=O. The second-order valence-electron chi connectivity index (χ2n) is 10.3. The lowest BCUT2D eigenvalue weighted by Crippen LogP contribution is -2.66. The lowest BCUT2D eigenvalue weighted by atomic mass is 9.96. The molecule has 0 N–H and O–H groups in total. The minimum absolute atomic E-state index is 0.587. The molecule has 2 aliphatic heterocycles. The smallest absolute Gasteiger partial charge is 0.303 e. The summed E-state index contributed by atoms with van der Waals surface area (Å²) < 4.78 is 60.1. The van der Waals surface area contributed by atoms with E-state index in [1.165, 1.54) is 0 Å². The highest BCUT2D eigenvalue weighted by Crippen LogP contribution is 2.35. The standard InChI is InChI=1S/C28H38O19/c1-11(29)37-9-19-21(39-13(3)31)23(41-15(5)33)25(43-17(7)35)27(45-19)47-28-26(44-18(8)36)24(42-16(6)34)22(40-14(4)32)20(46-28)10-38-12(2)30/h19-28H,9-10H2,1-8H3. The van der Waals surface area contributed by atoms with Crippen molar-refractivity contribution >= 4 is 47.8 Å². The number of ether oxygens (including phenoxy) is 11. The molecule has 0 radical (unpaired) electrons. The van der Waals surface area contributed by atoms with Gasteiger partial charge in [-0.2, -0.15) is 0 Å². The molecule has 0 aliphatic carbocycles. The van der Waals surface area contributed by atoms with Gasteiger partial charge in [-0.1, -0.05) is 0 Å². The Morgan fingerprint density at radius 2 is 0.638 bits per heavy atom. The molecule has 2 rings (SSSR count). The van der Waals surface area contributed by atoms with Crippen LogP contribution in [0.3, 0.4) is 0 Å². The Hall–Kier alpha value is -4.36. The van der Waals surface area contributed by atoms with E-state index in [4.69, 9.17) is 52.1 Å². The summed E-state index contributed by atoms with van der Waals surface area (Å²) >= 11 is 0. The first-order valence-corrected chi connectivity index (χ1v) is 14.2. The van der Waals surface area contributed by atoms with Crippen LogP contribution in [0.5, 0.6) is 0 Å². The normalized spacial score (nSPS) is 30.0. The van der Waals surface area contributed by atoms with Crippen LogP contribution < -0.4 is 0 Å². The summed E-state index contributed by atoms with van der Waals surface area (Å²) in [6, 6.07) is 0. The second-order valence-corrected chi connectivity index (χ2v) is 10.3. The summed E-state index contributed by atoms with van der Waals surface area (Å²) in [6.07, 6.45) is -16.3. The fourth-order valence-electron chi connectivity index (χ4n) is 4.73. The van der Waals surface area contributed by atoms with Crippen LogP contribution in [0.4, 0.5) is 0 Å². The molecule has 2 fully saturated rings. The highest BCUT2D eigenvalue weighted by Gasteiger charge is 2.57. The van der Waals surface area contributed by atoms with Gasteiger partial charge < -0.3 is 52.1 Å². The minimum Gasteiger partial charge on any atom is -0.463 e. The first kappa shape index (κ1) is 38.8. The predicted molar refractivity (Wildman–Crippen MR) is 145 cm³/mol. The Morgan fingerprint density at radius 3 is 0.894 bits per heavy atom. The van der Waals surface area contributed by atoms with Crippen molar-refractivity contribution in [3.8, 4) is 0 Å². The van der Waals surface area contributed by atoms with Gasteiger partial charge in [0.15, 0.2) is 36.6 Å². The first-order valence-electron chi connectivity index (χ1n) is 14.2. The van der Waals surface area contributed by atoms with Gasteiger partial charge in [-0.05, 0) is 0 Å². The number of hydrogen-bond acceptors (Lipinski definition) is 19. The number of esters is 8. The zero-order chi connectivity index (χ0) is 35.6. The fourth-order valence-corrected chi connectivity index (χ4v) is 4.73. The Kier molecular flexibility index (Phi) is 14.5. The molecule has 0 spiro atoms. The molecule has 2 saturated heterocycles. The first-order chi connectivity index (χ1) is 21.9. The van der Waals surface area contributed by atoms with Gasteiger partial charge in [0.1, 0.15) is 25.4 Å². The molecule has 0 aromatic heterocycles. The topological polar surface area (TPSA) is 238 Å². The summed E-state index contributed by atoms with van der Waals surface area (Å²) in [4.78, 5) is 96.2. The molecule has 0 aromatic rings. The highest BCUT2D eigenvalue weighted by molar-refractivity contribution is 5.70. The number of rotatable bonds is 12. The molecule has 2 heterocycles. The Balaban J connectivity index is 2.69. The zero-order valence-corrected chi connectivity index (χ0v) is 26.9. The van der Waals surface area contributed by atoms with E-state index in [2.05, 4.69) is 0 Å². The van der Waals surface area contributed by atoms with E-state index in [0.717, 1.165) is 55.4 Å². The van der Waals surface area contributed by atoms with Crippen LogP contribution in [-0.4, -0.2) is 122 Å². The summed E-state index contributed by atoms with van der Waals surface area (Å²) in [5, 5.41) is 0. The van der Waals surface area contributed by atoms with E-state index in [1.807, 2.05) is 0 Å². The van der Waals surface area contributed by atoms with E-state index in [-0.39, 0.29) is 0 Å². The number of carbonyl (C=O) groups is 8. The van der Waals surface area contributed by atoms with Crippen molar-refractivity contribution in [3.05, 3.63) is 0 Å². The van der Waals surface area contributed by atoms with Crippen LogP contribution in [0.25, 0.3) is 0 Å². The van der Waals surface area contributed by atoms with Crippen LogP contribution in [0.1, 0.15) is 55.4 Å². The minimum atomic E-state index is -1.84. The van der Waals surface area contributed by atoms with Crippen molar-refractivity contribution < 1.29 is 90.5 Å². The molecule has 10 unspecified atom stereocenters. The molecular formula is C28H38O19. The van der Waals surface area contributed by atoms with Gasteiger partial charge in [-0.15, -0.1) is 0 Å². The molecule has 0 amide bonds. The summed E-state index contributed by atoms with van der Waals surface area (Å²) in [6.45, 7) is 7.10. The van der Waals surface area contributed by atoms with Gasteiger partial charge in [0.2, 0.25) is 12.6 Å². The van der Waals surface area contributed by atoms with E-state index < -0.39 is 122 Å². The third-order valence-electron chi connectivity index (χ3n) is 6.16. The molecule has 10 atom stereocenters. The molecule has 2 aliphatic rings. The Labute approximate surface area is 268 Å². The average Bonchev–Trinajstić information content (AvgIpc) is 2.91. The van der Waals surface area contributed by atoms with Crippen molar-refractivity contribution in [2.75, 3.05) is 13.2 Å². The molecule has 0 saturated carbocycles. The molecule has 19 heteroatoms. The maximum atomic E-state index is 12.2. The quantitative estimate of drug-likeness (QED) is 0.181. The maximum absolute atomic E-state index is 12.2. The van der Waals surface area contributed by atoms with Crippen molar-refractivity contribution in [2.24, 2.45) is 0 Å². The van der Waals surface area contributed by atoms with E-state index in [9.17, 15) is 38.4 Å². The number of hydrogen-bond donors (Lipinski definition) is 0. The molecule has 0 bridgehead atoms. The summed E-state index contributed by atoms with van der Waals surface area (Å²) in [5.41, 5.74) is 0. The van der Waals surface area contributed by atoms with Crippen molar-refractivity contribution in [1.82, 2.24) is 0 Å². The predicted octanol–water partition coefficient (Wildman–Crippen LogP) is -0.831. The van der Waals surface area contributed by atoms with Gasteiger partial charge in [-0.3, -0.25) is 38.4 Å². The van der Waals surface area contributed by atoms with E-state index in [1.54, 1.807) is 0 Å². The monoisotopic (exact) mass is 678 g/mol. The lowest BCUT2D eigenvalue weighted by molar-refractivity contribution is -0.377.